The van der Waals surface area contributed by atoms with Crippen LogP contribution >= 0.6 is 0 Å². The van der Waals surface area contributed by atoms with E-state index in [1.165, 1.54) is 0 Å². The van der Waals surface area contributed by atoms with Gasteiger partial charge in [0.15, 0.2) is 11.5 Å². The van der Waals surface area contributed by atoms with E-state index in [1.807, 2.05) is 0 Å². The van der Waals surface area contributed by atoms with Crippen LogP contribution in [0.1, 0.15) is 12.1 Å². The van der Waals surface area contributed by atoms with Crippen molar-refractivity contribution in [3.05, 3.63) is 18.0 Å². The molecule has 18 heavy (non-hydrogen) atoms. The van der Waals surface area contributed by atoms with Crippen LogP contribution in [0.2, 0.25) is 0 Å². The highest BCUT2D eigenvalue weighted by Gasteiger charge is 2.23. The lowest BCUT2D eigenvalue weighted by atomic mass is 10.1. The summed E-state index contributed by atoms with van der Waals surface area (Å²) in [6, 6.07) is 1.79. The van der Waals surface area contributed by atoms with Crippen LogP contribution in [0.25, 0.3) is 0 Å². The molecule has 0 saturated carbocycles. The molecule has 1 N–H and O–H groups in total. The van der Waals surface area contributed by atoms with Gasteiger partial charge < -0.3 is 14.6 Å². The van der Waals surface area contributed by atoms with E-state index < -0.39 is 0 Å². The van der Waals surface area contributed by atoms with Crippen molar-refractivity contribution in [1.29, 1.82) is 0 Å². The molecule has 1 aromatic rings. The molecule has 1 aliphatic rings. The summed E-state index contributed by atoms with van der Waals surface area (Å²) in [5.41, 5.74) is 0.885. The van der Waals surface area contributed by atoms with Crippen molar-refractivity contribution < 1.29 is 14.6 Å². The first kappa shape index (κ1) is 13.1. The summed E-state index contributed by atoms with van der Waals surface area (Å²) in [6.45, 7) is 2.90. The number of rotatable bonds is 5. The molecule has 1 unspecified atom stereocenters. The van der Waals surface area contributed by atoms with Crippen LogP contribution in [-0.2, 0) is 6.54 Å². The topological polar surface area (TPSA) is 54.8 Å². The van der Waals surface area contributed by atoms with Gasteiger partial charge in [0.05, 0.1) is 14.2 Å². The maximum absolute atomic E-state index is 9.15. The number of aliphatic hydroxyl groups is 1. The fourth-order valence-electron chi connectivity index (χ4n) is 2.38. The van der Waals surface area contributed by atoms with Crippen molar-refractivity contribution in [2.24, 2.45) is 5.92 Å². The van der Waals surface area contributed by atoms with Gasteiger partial charge in [0.1, 0.15) is 5.69 Å². The number of pyridine rings is 1. The quantitative estimate of drug-likeness (QED) is 0.844. The first-order valence-electron chi connectivity index (χ1n) is 6.17. The highest BCUT2D eigenvalue weighted by molar-refractivity contribution is 5.42. The molecule has 2 rings (SSSR count). The van der Waals surface area contributed by atoms with Gasteiger partial charge >= 0.3 is 0 Å². The molecule has 100 valence electrons. The molecule has 0 aliphatic carbocycles. The van der Waals surface area contributed by atoms with Crippen LogP contribution in [0, 0.1) is 5.92 Å². The normalized spacial score (nSPS) is 20.1. The van der Waals surface area contributed by atoms with Crippen LogP contribution in [0.4, 0.5) is 0 Å². The number of likely N-dealkylation sites (tertiary alicyclic amines) is 1. The highest BCUT2D eigenvalue weighted by atomic mass is 16.5. The molecule has 2 heterocycles. The van der Waals surface area contributed by atoms with Crippen molar-refractivity contribution in [2.45, 2.75) is 13.0 Å². The van der Waals surface area contributed by atoms with Crippen LogP contribution < -0.4 is 9.47 Å². The van der Waals surface area contributed by atoms with Gasteiger partial charge in [-0.25, -0.2) is 0 Å². The Labute approximate surface area is 107 Å². The van der Waals surface area contributed by atoms with Crippen LogP contribution in [0.3, 0.4) is 0 Å². The molecule has 0 amide bonds. The van der Waals surface area contributed by atoms with E-state index in [9.17, 15) is 0 Å². The Bertz CT molecular complexity index is 398. The lowest BCUT2D eigenvalue weighted by molar-refractivity contribution is 0.218. The van der Waals surface area contributed by atoms with Gasteiger partial charge in [0.25, 0.3) is 0 Å². The molecule has 5 nitrogen and oxygen atoms in total. The standard InChI is InChI=1S/C13H20N2O3/c1-17-12-3-5-14-11(13(12)18-2)8-15-6-4-10(7-15)9-16/h3,5,10,16H,4,6-9H2,1-2H3. The van der Waals surface area contributed by atoms with E-state index in [0.717, 1.165) is 31.7 Å². The molecule has 1 aromatic heterocycles. The van der Waals surface area contributed by atoms with Gasteiger partial charge in [-0.2, -0.15) is 0 Å². The summed E-state index contributed by atoms with van der Waals surface area (Å²) < 4.78 is 10.6. The van der Waals surface area contributed by atoms with E-state index in [1.54, 1.807) is 26.5 Å². The summed E-state index contributed by atoms with van der Waals surface area (Å²) in [5.74, 6) is 1.80. The zero-order valence-electron chi connectivity index (χ0n) is 10.9. The van der Waals surface area contributed by atoms with Crippen molar-refractivity contribution in [3.8, 4) is 11.5 Å². The van der Waals surface area contributed by atoms with Crippen molar-refractivity contribution in [2.75, 3.05) is 33.9 Å². The maximum Gasteiger partial charge on any atom is 0.183 e. The fraction of sp³-hybridized carbons (Fsp3) is 0.615. The monoisotopic (exact) mass is 252 g/mol. The predicted octanol–water partition coefficient (Wildman–Crippen LogP) is 0.913. The largest absolute Gasteiger partial charge is 0.493 e. The van der Waals surface area contributed by atoms with Gasteiger partial charge in [0.2, 0.25) is 0 Å². The first-order valence-corrected chi connectivity index (χ1v) is 6.17. The zero-order chi connectivity index (χ0) is 13.0. The summed E-state index contributed by atoms with van der Waals surface area (Å²) in [7, 11) is 3.25. The second-order valence-electron chi connectivity index (χ2n) is 4.57. The average molecular weight is 252 g/mol. The summed E-state index contributed by atoms with van der Waals surface area (Å²) in [5, 5.41) is 9.15. The minimum atomic E-state index is 0.263. The predicted molar refractivity (Wildman–Crippen MR) is 67.8 cm³/mol. The SMILES string of the molecule is COc1ccnc(CN2CCC(CO)C2)c1OC. The molecule has 5 heteroatoms. The van der Waals surface area contributed by atoms with Crippen molar-refractivity contribution in [3.63, 3.8) is 0 Å². The molecule has 0 radical (unpaired) electrons. The molecule has 1 fully saturated rings. The number of hydrogen-bond donors (Lipinski definition) is 1. The van der Waals surface area contributed by atoms with Crippen LogP contribution in [-0.4, -0.2) is 48.9 Å². The fourth-order valence-corrected chi connectivity index (χ4v) is 2.38. The van der Waals surface area contributed by atoms with Crippen LogP contribution in [0.5, 0.6) is 11.5 Å². The molecule has 1 saturated heterocycles. The number of nitrogens with zero attached hydrogens (tertiary/aromatic N) is 2. The Balaban J connectivity index is 2.09. The van der Waals surface area contributed by atoms with E-state index in [0.29, 0.717) is 17.4 Å². The van der Waals surface area contributed by atoms with Gasteiger partial charge in [-0.05, 0) is 18.9 Å². The van der Waals surface area contributed by atoms with E-state index in [2.05, 4.69) is 9.88 Å². The third-order valence-electron chi connectivity index (χ3n) is 3.37. The minimum Gasteiger partial charge on any atom is -0.493 e. The van der Waals surface area contributed by atoms with Gasteiger partial charge in [-0.1, -0.05) is 0 Å². The van der Waals surface area contributed by atoms with E-state index in [4.69, 9.17) is 14.6 Å². The highest BCUT2D eigenvalue weighted by Crippen LogP contribution is 2.30. The molecule has 0 spiro atoms. The Hall–Kier alpha value is -1.33. The van der Waals surface area contributed by atoms with Crippen molar-refractivity contribution in [1.82, 2.24) is 9.88 Å². The molecular weight excluding hydrogens is 232 g/mol. The third kappa shape index (κ3) is 2.73. The van der Waals surface area contributed by atoms with Gasteiger partial charge in [-0.15, -0.1) is 0 Å². The third-order valence-corrected chi connectivity index (χ3v) is 3.37. The molecule has 0 bridgehead atoms. The van der Waals surface area contributed by atoms with E-state index >= 15 is 0 Å². The van der Waals surface area contributed by atoms with Gasteiger partial charge in [-0.3, -0.25) is 9.88 Å². The molecular formula is C13H20N2O3. The summed E-state index contributed by atoms with van der Waals surface area (Å²) in [6.07, 6.45) is 2.78. The number of hydrogen-bond acceptors (Lipinski definition) is 5. The Morgan fingerprint density at radius 3 is 2.89 bits per heavy atom. The smallest absolute Gasteiger partial charge is 0.183 e. The minimum absolute atomic E-state index is 0.263. The average Bonchev–Trinajstić information content (AvgIpc) is 2.86. The Kier molecular flexibility index (Phi) is 4.38. The Morgan fingerprint density at radius 2 is 2.28 bits per heavy atom. The maximum atomic E-state index is 9.15. The molecule has 1 aliphatic heterocycles. The lowest BCUT2D eigenvalue weighted by Crippen LogP contribution is -2.22. The summed E-state index contributed by atoms with van der Waals surface area (Å²) >= 11 is 0. The van der Waals surface area contributed by atoms with Crippen LogP contribution in [0.15, 0.2) is 12.3 Å². The molecule has 0 aromatic carbocycles. The molecule has 1 atom stereocenters. The Morgan fingerprint density at radius 1 is 1.44 bits per heavy atom. The number of aromatic nitrogens is 1. The van der Waals surface area contributed by atoms with Gasteiger partial charge in [0, 0.05) is 32.0 Å². The second kappa shape index (κ2) is 6.02. The lowest BCUT2D eigenvalue weighted by Gasteiger charge is -2.17. The van der Waals surface area contributed by atoms with Crippen molar-refractivity contribution >= 4 is 0 Å². The number of ether oxygens (including phenoxy) is 2. The number of methoxy groups -OCH3 is 2. The summed E-state index contributed by atoms with van der Waals surface area (Å²) in [4.78, 5) is 6.65. The zero-order valence-corrected chi connectivity index (χ0v) is 10.9. The van der Waals surface area contributed by atoms with E-state index in [-0.39, 0.29) is 6.61 Å². The second-order valence-corrected chi connectivity index (χ2v) is 4.57. The first-order chi connectivity index (χ1) is 8.78. The number of aliphatic hydroxyl groups excluding tert-OH is 1.